The molecular weight excluding hydrogens is 294 g/mol. The predicted molar refractivity (Wildman–Crippen MR) is 79.3 cm³/mol. The highest BCUT2D eigenvalue weighted by Gasteiger charge is 2.27. The Morgan fingerprint density at radius 3 is 2.75 bits per heavy atom. The topological polar surface area (TPSA) is 79.8 Å². The highest BCUT2D eigenvalue weighted by Crippen LogP contribution is 2.41. The van der Waals surface area contributed by atoms with Crippen LogP contribution < -0.4 is 10.6 Å². The largest absolute Gasteiger partial charge is 0.333 e. The Labute approximate surface area is 124 Å². The Morgan fingerprint density at radius 1 is 1.30 bits per heavy atom. The van der Waals surface area contributed by atoms with Crippen LogP contribution in [0.1, 0.15) is 39.3 Å². The minimum Gasteiger partial charge on any atom is -0.333 e. The van der Waals surface area contributed by atoms with Gasteiger partial charge in [0.1, 0.15) is 5.01 Å². The van der Waals surface area contributed by atoms with Gasteiger partial charge in [-0.2, -0.15) is 0 Å². The van der Waals surface area contributed by atoms with Crippen molar-refractivity contribution in [2.45, 2.75) is 39.2 Å². The average molecular weight is 309 g/mol. The number of carbonyl (C=O) groups is 1. The molecule has 2 aromatic heterocycles. The third-order valence-corrected chi connectivity index (χ3v) is 5.07. The van der Waals surface area contributed by atoms with E-state index >= 15 is 0 Å². The van der Waals surface area contributed by atoms with E-state index in [-0.39, 0.29) is 6.03 Å². The maximum atomic E-state index is 11.8. The number of carbonyl (C=O) groups excluding carboxylic acids is 1. The molecule has 0 aromatic carbocycles. The summed E-state index contributed by atoms with van der Waals surface area (Å²) < 4.78 is 0. The van der Waals surface area contributed by atoms with Gasteiger partial charge in [-0.1, -0.05) is 11.3 Å². The number of aryl methyl sites for hydroxylation is 2. The van der Waals surface area contributed by atoms with Gasteiger partial charge in [0, 0.05) is 10.8 Å². The zero-order valence-corrected chi connectivity index (χ0v) is 12.9. The summed E-state index contributed by atoms with van der Waals surface area (Å²) in [7, 11) is 0. The maximum Gasteiger partial charge on any atom is 0.321 e. The molecular formula is C12H15N5OS2. The van der Waals surface area contributed by atoms with Crippen LogP contribution in [0, 0.1) is 13.8 Å². The smallest absolute Gasteiger partial charge is 0.321 e. The van der Waals surface area contributed by atoms with E-state index in [9.17, 15) is 4.79 Å². The first-order valence-electron chi connectivity index (χ1n) is 6.43. The van der Waals surface area contributed by atoms with Crippen molar-refractivity contribution in [3.05, 3.63) is 20.6 Å². The highest BCUT2D eigenvalue weighted by atomic mass is 32.1. The van der Waals surface area contributed by atoms with Gasteiger partial charge in [-0.05, 0) is 26.7 Å². The first-order valence-corrected chi connectivity index (χ1v) is 8.06. The molecule has 2 heterocycles. The third-order valence-electron chi connectivity index (χ3n) is 3.00. The Hall–Kier alpha value is -1.54. The van der Waals surface area contributed by atoms with E-state index in [1.807, 2.05) is 13.8 Å². The number of rotatable bonds is 4. The van der Waals surface area contributed by atoms with E-state index < -0.39 is 0 Å². The van der Waals surface area contributed by atoms with Crippen LogP contribution in [-0.4, -0.2) is 21.2 Å². The van der Waals surface area contributed by atoms with Crippen molar-refractivity contribution in [3.63, 3.8) is 0 Å². The number of thiazole rings is 1. The van der Waals surface area contributed by atoms with Gasteiger partial charge >= 0.3 is 6.03 Å². The molecule has 20 heavy (non-hydrogen) atoms. The minimum absolute atomic E-state index is 0.256. The molecule has 3 rings (SSSR count). The fourth-order valence-electron chi connectivity index (χ4n) is 1.82. The lowest BCUT2D eigenvalue weighted by Gasteiger charge is -2.03. The molecule has 106 valence electrons. The van der Waals surface area contributed by atoms with Gasteiger partial charge < -0.3 is 5.32 Å². The van der Waals surface area contributed by atoms with Gasteiger partial charge in [0.05, 0.1) is 17.2 Å². The van der Waals surface area contributed by atoms with Crippen LogP contribution >= 0.6 is 22.7 Å². The molecule has 0 aliphatic heterocycles. The lowest BCUT2D eigenvalue weighted by Crippen LogP contribution is -2.28. The van der Waals surface area contributed by atoms with Crippen LogP contribution in [0.4, 0.5) is 9.93 Å². The number of anilines is 1. The standard InChI is InChI=1S/C12H15N5OS2/c1-6-9(19-7(2)14-6)5-13-11(18)15-12-17-16-10(20-12)8-3-4-8/h8H,3-5H2,1-2H3,(H2,13,15,17,18). The second-order valence-corrected chi connectivity index (χ2v) is 7.07. The summed E-state index contributed by atoms with van der Waals surface area (Å²) in [6.45, 7) is 4.39. The molecule has 1 saturated carbocycles. The summed E-state index contributed by atoms with van der Waals surface area (Å²) in [5.74, 6) is 0.564. The van der Waals surface area contributed by atoms with Crippen LogP contribution in [0.2, 0.25) is 0 Å². The Morgan fingerprint density at radius 2 is 2.10 bits per heavy atom. The molecule has 0 saturated heterocycles. The zero-order valence-electron chi connectivity index (χ0n) is 11.3. The molecule has 8 heteroatoms. The molecule has 0 spiro atoms. The van der Waals surface area contributed by atoms with Crippen LogP contribution in [-0.2, 0) is 6.54 Å². The molecule has 0 unspecified atom stereocenters. The highest BCUT2D eigenvalue weighted by molar-refractivity contribution is 7.15. The number of urea groups is 1. The monoisotopic (exact) mass is 309 g/mol. The molecule has 2 aromatic rings. The first-order chi connectivity index (χ1) is 9.61. The normalized spacial score (nSPS) is 14.3. The summed E-state index contributed by atoms with van der Waals surface area (Å²) in [6, 6.07) is -0.256. The number of hydrogen-bond acceptors (Lipinski definition) is 6. The Kier molecular flexibility index (Phi) is 3.66. The van der Waals surface area contributed by atoms with Crippen molar-refractivity contribution < 1.29 is 4.79 Å². The molecule has 0 atom stereocenters. The third kappa shape index (κ3) is 3.13. The van der Waals surface area contributed by atoms with Gasteiger partial charge in [0.15, 0.2) is 0 Å². The van der Waals surface area contributed by atoms with E-state index in [1.165, 1.54) is 24.2 Å². The van der Waals surface area contributed by atoms with Gasteiger partial charge in [0.2, 0.25) is 5.13 Å². The summed E-state index contributed by atoms with van der Waals surface area (Å²) in [5, 5.41) is 16.2. The van der Waals surface area contributed by atoms with Gasteiger partial charge in [0.25, 0.3) is 0 Å². The van der Waals surface area contributed by atoms with E-state index in [1.54, 1.807) is 11.3 Å². The average Bonchev–Trinajstić information content (AvgIpc) is 3.06. The number of hydrogen-bond donors (Lipinski definition) is 2. The first kappa shape index (κ1) is 13.4. The van der Waals surface area contributed by atoms with Gasteiger partial charge in [-0.25, -0.2) is 9.78 Å². The lowest BCUT2D eigenvalue weighted by molar-refractivity contribution is 0.252. The second-order valence-electron chi connectivity index (χ2n) is 4.77. The second kappa shape index (κ2) is 5.45. The predicted octanol–water partition coefficient (Wildman–Crippen LogP) is 2.81. The number of nitrogens with zero attached hydrogens (tertiary/aromatic N) is 3. The molecule has 1 aliphatic carbocycles. The van der Waals surface area contributed by atoms with Crippen molar-refractivity contribution >= 4 is 33.8 Å². The van der Waals surface area contributed by atoms with E-state index in [0.29, 0.717) is 17.6 Å². The maximum absolute atomic E-state index is 11.8. The van der Waals surface area contributed by atoms with Crippen LogP contribution in [0.25, 0.3) is 0 Å². The quantitative estimate of drug-likeness (QED) is 0.910. The molecule has 2 amide bonds. The molecule has 2 N–H and O–H groups in total. The van der Waals surface area contributed by atoms with E-state index in [0.717, 1.165) is 20.6 Å². The zero-order chi connectivity index (χ0) is 14.1. The minimum atomic E-state index is -0.256. The summed E-state index contributed by atoms with van der Waals surface area (Å²) in [4.78, 5) is 17.2. The van der Waals surface area contributed by atoms with Crippen LogP contribution in [0.5, 0.6) is 0 Å². The van der Waals surface area contributed by atoms with E-state index in [4.69, 9.17) is 0 Å². The van der Waals surface area contributed by atoms with Gasteiger partial charge in [-0.3, -0.25) is 5.32 Å². The molecule has 1 fully saturated rings. The fraction of sp³-hybridized carbons (Fsp3) is 0.500. The fourth-order valence-corrected chi connectivity index (χ4v) is 3.60. The SMILES string of the molecule is Cc1nc(C)c(CNC(=O)Nc2nnc(C3CC3)s2)s1. The molecule has 1 aliphatic rings. The molecule has 6 nitrogen and oxygen atoms in total. The van der Waals surface area contributed by atoms with Crippen molar-refractivity contribution in [1.82, 2.24) is 20.5 Å². The number of nitrogens with one attached hydrogen (secondary N) is 2. The Bertz CT molecular complexity index is 632. The van der Waals surface area contributed by atoms with Crippen molar-refractivity contribution in [1.29, 1.82) is 0 Å². The molecule has 0 bridgehead atoms. The summed E-state index contributed by atoms with van der Waals surface area (Å²) in [6.07, 6.45) is 2.37. The lowest BCUT2D eigenvalue weighted by atomic mass is 10.4. The summed E-state index contributed by atoms with van der Waals surface area (Å²) in [5.41, 5.74) is 0.972. The van der Waals surface area contributed by atoms with Gasteiger partial charge in [-0.15, -0.1) is 21.5 Å². The van der Waals surface area contributed by atoms with Crippen molar-refractivity contribution in [3.8, 4) is 0 Å². The Balaban J connectivity index is 1.52. The van der Waals surface area contributed by atoms with Crippen molar-refractivity contribution in [2.75, 3.05) is 5.32 Å². The summed E-state index contributed by atoms with van der Waals surface area (Å²) >= 11 is 3.06. The number of aromatic nitrogens is 3. The van der Waals surface area contributed by atoms with Crippen LogP contribution in [0.3, 0.4) is 0 Å². The van der Waals surface area contributed by atoms with Crippen molar-refractivity contribution in [2.24, 2.45) is 0 Å². The van der Waals surface area contributed by atoms with E-state index in [2.05, 4.69) is 25.8 Å². The molecule has 0 radical (unpaired) electrons. The van der Waals surface area contributed by atoms with Crippen LogP contribution in [0.15, 0.2) is 0 Å². The number of amides is 2.